The van der Waals surface area contributed by atoms with Gasteiger partial charge >= 0.3 is 0 Å². The summed E-state index contributed by atoms with van der Waals surface area (Å²) in [5, 5.41) is 9.57. The molecule has 0 saturated heterocycles. The SMILES string of the molecule is N[C@@H](CCCO)c1c(Cl)cnc(Cl)c1Cl. The molecule has 1 aromatic heterocycles. The van der Waals surface area contributed by atoms with Crippen LogP contribution in [0.4, 0.5) is 0 Å². The van der Waals surface area contributed by atoms with Crippen molar-refractivity contribution in [3.8, 4) is 0 Å². The van der Waals surface area contributed by atoms with Crippen LogP contribution in [0.2, 0.25) is 15.2 Å². The molecule has 0 saturated carbocycles. The third kappa shape index (κ3) is 3.20. The van der Waals surface area contributed by atoms with Crippen molar-refractivity contribution >= 4 is 34.8 Å². The lowest BCUT2D eigenvalue weighted by atomic mass is 10.0. The van der Waals surface area contributed by atoms with Gasteiger partial charge in [0.2, 0.25) is 0 Å². The molecule has 84 valence electrons. The molecule has 0 radical (unpaired) electrons. The Kier molecular flexibility index (Phi) is 5.09. The van der Waals surface area contributed by atoms with E-state index in [-0.39, 0.29) is 22.8 Å². The number of rotatable bonds is 4. The Morgan fingerprint density at radius 1 is 1.40 bits per heavy atom. The van der Waals surface area contributed by atoms with Gasteiger partial charge in [0.1, 0.15) is 5.15 Å². The standard InChI is InChI=1S/C9H11Cl3N2O/c10-5-4-14-9(12)8(11)7(5)6(13)2-1-3-15/h4,6,15H,1-3,13H2/t6-/m0/s1. The maximum atomic E-state index is 8.70. The number of aliphatic hydroxyl groups is 1. The summed E-state index contributed by atoms with van der Waals surface area (Å²) in [6.45, 7) is 0.0851. The zero-order valence-corrected chi connectivity index (χ0v) is 10.1. The first kappa shape index (κ1) is 13.0. The summed E-state index contributed by atoms with van der Waals surface area (Å²) in [6.07, 6.45) is 2.61. The molecule has 0 unspecified atom stereocenters. The van der Waals surface area contributed by atoms with Crippen molar-refractivity contribution in [1.82, 2.24) is 4.98 Å². The molecule has 0 aliphatic rings. The number of hydrogen-bond donors (Lipinski definition) is 2. The first-order chi connectivity index (χ1) is 7.07. The topological polar surface area (TPSA) is 59.1 Å². The van der Waals surface area contributed by atoms with Gasteiger partial charge in [0.05, 0.1) is 10.0 Å². The Labute approximate surface area is 103 Å². The third-order valence-electron chi connectivity index (χ3n) is 2.01. The zero-order valence-electron chi connectivity index (χ0n) is 7.88. The Morgan fingerprint density at radius 3 is 2.67 bits per heavy atom. The van der Waals surface area contributed by atoms with Crippen molar-refractivity contribution < 1.29 is 5.11 Å². The number of pyridine rings is 1. The van der Waals surface area contributed by atoms with E-state index in [4.69, 9.17) is 45.6 Å². The zero-order chi connectivity index (χ0) is 11.4. The highest BCUT2D eigenvalue weighted by atomic mass is 35.5. The van der Waals surface area contributed by atoms with Gasteiger partial charge in [0.25, 0.3) is 0 Å². The molecule has 1 rings (SSSR count). The van der Waals surface area contributed by atoms with Gasteiger partial charge in [-0.2, -0.15) is 0 Å². The van der Waals surface area contributed by atoms with Crippen LogP contribution in [0.3, 0.4) is 0 Å². The molecule has 0 fully saturated rings. The maximum absolute atomic E-state index is 8.70. The quantitative estimate of drug-likeness (QED) is 0.826. The second-order valence-corrected chi connectivity index (χ2v) is 4.24. The summed E-state index contributed by atoms with van der Waals surface area (Å²) >= 11 is 17.6. The van der Waals surface area contributed by atoms with Crippen molar-refractivity contribution in [1.29, 1.82) is 0 Å². The Balaban J connectivity index is 2.96. The van der Waals surface area contributed by atoms with Gasteiger partial charge in [-0.1, -0.05) is 34.8 Å². The number of nitrogens with zero attached hydrogens (tertiary/aromatic N) is 1. The van der Waals surface area contributed by atoms with E-state index in [9.17, 15) is 0 Å². The second kappa shape index (κ2) is 5.87. The number of halogens is 3. The van der Waals surface area contributed by atoms with Crippen molar-refractivity contribution in [2.24, 2.45) is 5.73 Å². The van der Waals surface area contributed by atoms with E-state index >= 15 is 0 Å². The first-order valence-corrected chi connectivity index (χ1v) is 5.57. The van der Waals surface area contributed by atoms with E-state index in [1.165, 1.54) is 6.20 Å². The fourth-order valence-corrected chi connectivity index (χ4v) is 2.02. The van der Waals surface area contributed by atoms with E-state index in [1.54, 1.807) is 0 Å². The molecule has 15 heavy (non-hydrogen) atoms. The van der Waals surface area contributed by atoms with Crippen molar-refractivity contribution in [3.63, 3.8) is 0 Å². The van der Waals surface area contributed by atoms with Crippen LogP contribution >= 0.6 is 34.8 Å². The first-order valence-electron chi connectivity index (χ1n) is 4.43. The van der Waals surface area contributed by atoms with Gasteiger partial charge in [-0.3, -0.25) is 0 Å². The number of hydrogen-bond acceptors (Lipinski definition) is 3. The Morgan fingerprint density at radius 2 is 2.07 bits per heavy atom. The van der Waals surface area contributed by atoms with E-state index < -0.39 is 0 Å². The van der Waals surface area contributed by atoms with Gasteiger partial charge in [-0.15, -0.1) is 0 Å². The molecule has 0 bridgehead atoms. The molecule has 6 heteroatoms. The highest BCUT2D eigenvalue weighted by Gasteiger charge is 2.17. The van der Waals surface area contributed by atoms with Crippen LogP contribution in [-0.2, 0) is 0 Å². The van der Waals surface area contributed by atoms with Crippen LogP contribution in [0.25, 0.3) is 0 Å². The molecule has 1 atom stereocenters. The maximum Gasteiger partial charge on any atom is 0.148 e. The van der Waals surface area contributed by atoms with E-state index in [0.717, 1.165) is 0 Å². The summed E-state index contributed by atoms with van der Waals surface area (Å²) in [6, 6.07) is -0.336. The molecule has 0 aliphatic heterocycles. The van der Waals surface area contributed by atoms with Crippen molar-refractivity contribution in [3.05, 3.63) is 27.0 Å². The van der Waals surface area contributed by atoms with Crippen LogP contribution in [0, 0.1) is 0 Å². The average Bonchev–Trinajstić information content (AvgIpc) is 2.21. The fraction of sp³-hybridized carbons (Fsp3) is 0.444. The van der Waals surface area contributed by atoms with Crippen molar-refractivity contribution in [2.75, 3.05) is 6.61 Å². The summed E-state index contributed by atoms with van der Waals surface area (Å²) in [4.78, 5) is 3.80. The minimum absolute atomic E-state index is 0.0851. The van der Waals surface area contributed by atoms with Gasteiger partial charge < -0.3 is 10.8 Å². The molecule has 3 nitrogen and oxygen atoms in total. The van der Waals surface area contributed by atoms with Gasteiger partial charge in [0, 0.05) is 24.4 Å². The predicted molar refractivity (Wildman–Crippen MR) is 62.5 cm³/mol. The normalized spacial score (nSPS) is 12.9. The monoisotopic (exact) mass is 268 g/mol. The number of aromatic nitrogens is 1. The van der Waals surface area contributed by atoms with E-state index in [0.29, 0.717) is 23.4 Å². The summed E-state index contributed by atoms with van der Waals surface area (Å²) < 4.78 is 0. The predicted octanol–water partition coefficient (Wildman–Crippen LogP) is 2.81. The minimum Gasteiger partial charge on any atom is -0.396 e. The van der Waals surface area contributed by atoms with Crippen molar-refractivity contribution in [2.45, 2.75) is 18.9 Å². The molecular weight excluding hydrogens is 258 g/mol. The van der Waals surface area contributed by atoms with Gasteiger partial charge in [0.15, 0.2) is 0 Å². The average molecular weight is 270 g/mol. The third-order valence-corrected chi connectivity index (χ3v) is 3.08. The van der Waals surface area contributed by atoms with Crippen LogP contribution in [0.15, 0.2) is 6.20 Å². The highest BCUT2D eigenvalue weighted by molar-refractivity contribution is 6.43. The van der Waals surface area contributed by atoms with E-state index in [1.807, 2.05) is 0 Å². The summed E-state index contributed by atoms with van der Waals surface area (Å²) in [5.74, 6) is 0. The fourth-order valence-electron chi connectivity index (χ4n) is 1.25. The largest absolute Gasteiger partial charge is 0.396 e. The highest BCUT2D eigenvalue weighted by Crippen LogP contribution is 2.34. The van der Waals surface area contributed by atoms with Crippen LogP contribution in [-0.4, -0.2) is 16.7 Å². The molecule has 3 N–H and O–H groups in total. The van der Waals surface area contributed by atoms with Crippen LogP contribution in [0.5, 0.6) is 0 Å². The van der Waals surface area contributed by atoms with Crippen LogP contribution < -0.4 is 5.73 Å². The molecule has 0 aromatic carbocycles. The molecular formula is C9H11Cl3N2O. The summed E-state index contributed by atoms with van der Waals surface area (Å²) in [7, 11) is 0. The lowest BCUT2D eigenvalue weighted by molar-refractivity contribution is 0.280. The molecule has 0 aliphatic carbocycles. The number of nitrogens with two attached hydrogens (primary N) is 1. The Hall–Kier alpha value is -0.0600. The molecule has 1 aromatic rings. The van der Waals surface area contributed by atoms with E-state index in [2.05, 4.69) is 4.98 Å². The smallest absolute Gasteiger partial charge is 0.148 e. The molecule has 0 spiro atoms. The molecule has 1 heterocycles. The second-order valence-electron chi connectivity index (χ2n) is 3.10. The molecule has 0 amide bonds. The van der Waals surface area contributed by atoms with Gasteiger partial charge in [-0.25, -0.2) is 4.98 Å². The summed E-state index contributed by atoms with van der Waals surface area (Å²) in [5.41, 5.74) is 6.47. The van der Waals surface area contributed by atoms with Crippen LogP contribution in [0.1, 0.15) is 24.4 Å². The minimum atomic E-state index is -0.336. The lowest BCUT2D eigenvalue weighted by Crippen LogP contribution is -2.12. The Bertz CT molecular complexity index is 346. The van der Waals surface area contributed by atoms with Gasteiger partial charge in [-0.05, 0) is 12.8 Å². The lowest BCUT2D eigenvalue weighted by Gasteiger charge is -2.15. The number of aliphatic hydroxyl groups excluding tert-OH is 1.